The highest BCUT2D eigenvalue weighted by Crippen LogP contribution is 2.06. The van der Waals surface area contributed by atoms with Crippen LogP contribution in [0.1, 0.15) is 46.5 Å². The molecule has 0 aromatic carbocycles. The highest BCUT2D eigenvalue weighted by Gasteiger charge is 2.22. The van der Waals surface area contributed by atoms with E-state index in [1.165, 1.54) is 35.0 Å². The zero-order chi connectivity index (χ0) is 21.0. The van der Waals surface area contributed by atoms with E-state index < -0.39 is 36.0 Å². The summed E-state index contributed by atoms with van der Waals surface area (Å²) in [5.41, 5.74) is 0. The molecule has 154 valence electrons. The lowest BCUT2D eigenvalue weighted by Gasteiger charge is -2.17. The van der Waals surface area contributed by atoms with Crippen LogP contribution >= 0.6 is 0 Å². The smallest absolute Gasteiger partial charge is 0.328 e. The van der Waals surface area contributed by atoms with Gasteiger partial charge < -0.3 is 25.4 Å². The van der Waals surface area contributed by atoms with Gasteiger partial charge in [0.2, 0.25) is 17.7 Å². The molecule has 0 aliphatic rings. The van der Waals surface area contributed by atoms with Gasteiger partial charge in [0.25, 0.3) is 0 Å². The zero-order valence-electron chi connectivity index (χ0n) is 16.4. The molecular weight excluding hydrogens is 358 g/mol. The maximum Gasteiger partial charge on any atom is 0.328 e. The molecule has 0 aromatic heterocycles. The second kappa shape index (κ2) is 12.7. The van der Waals surface area contributed by atoms with E-state index in [9.17, 15) is 24.0 Å². The van der Waals surface area contributed by atoms with Crippen molar-refractivity contribution < 1.29 is 33.4 Å². The molecule has 0 aromatic rings. The van der Waals surface area contributed by atoms with Gasteiger partial charge in [-0.1, -0.05) is 6.42 Å². The third-order valence-corrected chi connectivity index (χ3v) is 3.69. The maximum atomic E-state index is 11.9. The lowest BCUT2D eigenvalue weighted by Crippen LogP contribution is -2.49. The van der Waals surface area contributed by atoms with Crippen LogP contribution in [0.4, 0.5) is 0 Å². The van der Waals surface area contributed by atoms with Crippen LogP contribution < -0.4 is 16.0 Å². The Labute approximate surface area is 158 Å². The Hall–Kier alpha value is -2.65. The first kappa shape index (κ1) is 24.4. The summed E-state index contributed by atoms with van der Waals surface area (Å²) < 4.78 is 9.12. The fourth-order valence-electron chi connectivity index (χ4n) is 2.22. The van der Waals surface area contributed by atoms with Crippen molar-refractivity contribution in [2.24, 2.45) is 0 Å². The van der Waals surface area contributed by atoms with Gasteiger partial charge in [0.05, 0.1) is 14.2 Å². The number of unbranched alkanes of at least 4 members (excludes halogenated alkanes) is 1. The van der Waals surface area contributed by atoms with Gasteiger partial charge in [0.1, 0.15) is 18.1 Å². The van der Waals surface area contributed by atoms with Crippen molar-refractivity contribution in [3.63, 3.8) is 0 Å². The molecule has 0 aliphatic carbocycles. The largest absolute Gasteiger partial charge is 0.467 e. The van der Waals surface area contributed by atoms with Crippen LogP contribution in [-0.4, -0.2) is 62.0 Å². The van der Waals surface area contributed by atoms with Gasteiger partial charge in [0, 0.05) is 13.3 Å². The molecule has 10 heteroatoms. The van der Waals surface area contributed by atoms with Gasteiger partial charge in [-0.3, -0.25) is 14.4 Å². The van der Waals surface area contributed by atoms with Crippen molar-refractivity contribution in [2.75, 3.05) is 14.2 Å². The summed E-state index contributed by atoms with van der Waals surface area (Å²) in [5.74, 6) is -2.31. The Morgan fingerprint density at radius 3 is 1.93 bits per heavy atom. The Kier molecular flexibility index (Phi) is 11.4. The number of carbonyl (C=O) groups is 5. The quantitative estimate of drug-likeness (QED) is 0.318. The number of amides is 3. The van der Waals surface area contributed by atoms with Gasteiger partial charge in [-0.25, -0.2) is 9.59 Å². The van der Waals surface area contributed by atoms with Crippen molar-refractivity contribution in [3.05, 3.63) is 0 Å². The lowest BCUT2D eigenvalue weighted by atomic mass is 10.1. The summed E-state index contributed by atoms with van der Waals surface area (Å²) in [6.07, 6.45) is 1.46. The topological polar surface area (TPSA) is 140 Å². The SMILES string of the molecule is COC(=O)C(CCCCC(=O)N[C@@H](C)C(=O)N[C@@H](C)C(=O)OC)NC(C)=O. The van der Waals surface area contributed by atoms with Crippen LogP contribution in [0.2, 0.25) is 0 Å². The standard InChI is InChI=1S/C17H29N3O7/c1-10(15(23)19-11(2)16(24)26-4)18-14(22)9-7-6-8-13(17(25)27-5)20-12(3)21/h10-11,13H,6-9H2,1-5H3,(H,18,22)(H,19,23)(H,20,21)/t10-,11-,13?/m0/s1. The molecule has 0 rings (SSSR count). The van der Waals surface area contributed by atoms with Gasteiger partial charge >= 0.3 is 11.9 Å². The number of nitrogens with one attached hydrogen (secondary N) is 3. The van der Waals surface area contributed by atoms with Gasteiger partial charge in [-0.05, 0) is 26.7 Å². The van der Waals surface area contributed by atoms with Crippen molar-refractivity contribution in [1.29, 1.82) is 0 Å². The van der Waals surface area contributed by atoms with E-state index in [4.69, 9.17) is 0 Å². The van der Waals surface area contributed by atoms with E-state index in [2.05, 4.69) is 25.4 Å². The Morgan fingerprint density at radius 2 is 1.41 bits per heavy atom. The highest BCUT2D eigenvalue weighted by atomic mass is 16.5. The van der Waals surface area contributed by atoms with Gasteiger partial charge in [0.15, 0.2) is 0 Å². The monoisotopic (exact) mass is 387 g/mol. The predicted octanol–water partition coefficient (Wildman–Crippen LogP) is -0.593. The molecule has 0 fully saturated rings. The average Bonchev–Trinajstić information content (AvgIpc) is 2.62. The van der Waals surface area contributed by atoms with E-state index in [1.807, 2.05) is 0 Å². The number of hydrogen-bond acceptors (Lipinski definition) is 7. The number of ether oxygens (including phenoxy) is 2. The normalized spacial score (nSPS) is 13.5. The first-order valence-corrected chi connectivity index (χ1v) is 8.64. The molecule has 3 N–H and O–H groups in total. The molecule has 3 atom stereocenters. The lowest BCUT2D eigenvalue weighted by molar-refractivity contribution is -0.145. The van der Waals surface area contributed by atoms with Crippen LogP contribution in [0.3, 0.4) is 0 Å². The highest BCUT2D eigenvalue weighted by molar-refractivity contribution is 5.90. The van der Waals surface area contributed by atoms with Crippen LogP contribution in [0.25, 0.3) is 0 Å². The van der Waals surface area contributed by atoms with Crippen LogP contribution in [0, 0.1) is 0 Å². The zero-order valence-corrected chi connectivity index (χ0v) is 16.4. The van der Waals surface area contributed by atoms with E-state index in [1.54, 1.807) is 0 Å². The van der Waals surface area contributed by atoms with Gasteiger partial charge in [-0.15, -0.1) is 0 Å². The van der Waals surface area contributed by atoms with E-state index >= 15 is 0 Å². The molecule has 3 amide bonds. The molecule has 0 spiro atoms. The predicted molar refractivity (Wildman–Crippen MR) is 95.3 cm³/mol. The van der Waals surface area contributed by atoms with Crippen LogP contribution in [0.5, 0.6) is 0 Å². The number of esters is 2. The third-order valence-electron chi connectivity index (χ3n) is 3.69. The second-order valence-corrected chi connectivity index (χ2v) is 6.06. The Balaban J connectivity index is 4.24. The fourth-order valence-corrected chi connectivity index (χ4v) is 2.22. The second-order valence-electron chi connectivity index (χ2n) is 6.06. The summed E-state index contributed by atoms with van der Waals surface area (Å²) in [4.78, 5) is 57.7. The van der Waals surface area contributed by atoms with Crippen molar-refractivity contribution in [2.45, 2.75) is 64.6 Å². The molecule has 0 radical (unpaired) electrons. The molecule has 0 aliphatic heterocycles. The van der Waals surface area contributed by atoms with Crippen LogP contribution in [0.15, 0.2) is 0 Å². The van der Waals surface area contributed by atoms with E-state index in [0.717, 1.165) is 0 Å². The molecule has 0 saturated carbocycles. The first-order valence-electron chi connectivity index (χ1n) is 8.64. The molecule has 27 heavy (non-hydrogen) atoms. The molecule has 0 bridgehead atoms. The summed E-state index contributed by atoms with van der Waals surface area (Å²) >= 11 is 0. The first-order chi connectivity index (χ1) is 12.6. The number of carbonyl (C=O) groups excluding carboxylic acids is 5. The summed E-state index contributed by atoms with van der Waals surface area (Å²) in [6, 6.07) is -2.38. The van der Waals surface area contributed by atoms with Gasteiger partial charge in [-0.2, -0.15) is 0 Å². The summed E-state index contributed by atoms with van der Waals surface area (Å²) in [7, 11) is 2.45. The average molecular weight is 387 g/mol. The molecule has 0 heterocycles. The Bertz CT molecular complexity index is 551. The van der Waals surface area contributed by atoms with Crippen LogP contribution in [-0.2, 0) is 33.4 Å². The maximum absolute atomic E-state index is 11.9. The summed E-state index contributed by atoms with van der Waals surface area (Å²) in [6.45, 7) is 4.28. The van der Waals surface area contributed by atoms with Crippen molar-refractivity contribution >= 4 is 29.7 Å². The minimum atomic E-state index is -0.814. The molecule has 1 unspecified atom stereocenters. The number of hydrogen-bond donors (Lipinski definition) is 3. The summed E-state index contributed by atoms with van der Waals surface area (Å²) in [5, 5.41) is 7.46. The molecular formula is C17H29N3O7. The number of methoxy groups -OCH3 is 2. The minimum Gasteiger partial charge on any atom is -0.467 e. The van der Waals surface area contributed by atoms with Crippen molar-refractivity contribution in [1.82, 2.24) is 16.0 Å². The Morgan fingerprint density at radius 1 is 0.815 bits per heavy atom. The molecule has 0 saturated heterocycles. The van der Waals surface area contributed by atoms with Crippen molar-refractivity contribution in [3.8, 4) is 0 Å². The van der Waals surface area contributed by atoms with E-state index in [-0.39, 0.29) is 18.2 Å². The van der Waals surface area contributed by atoms with E-state index in [0.29, 0.717) is 19.3 Å². The minimum absolute atomic E-state index is 0.151. The third kappa shape index (κ3) is 10.2. The number of rotatable bonds is 11. The fraction of sp³-hybridized carbons (Fsp3) is 0.706. The molecule has 10 nitrogen and oxygen atoms in total.